The summed E-state index contributed by atoms with van der Waals surface area (Å²) in [5, 5.41) is 7.12. The molecule has 0 aromatic carbocycles. The second-order valence-corrected chi connectivity index (χ2v) is 5.87. The van der Waals surface area contributed by atoms with Crippen molar-refractivity contribution in [3.05, 3.63) is 0 Å². The average Bonchev–Trinajstić information content (AvgIpc) is 2.95. The number of nitrogens with two attached hydrogens (primary N) is 1. The van der Waals surface area contributed by atoms with Gasteiger partial charge in [0, 0.05) is 20.2 Å². The van der Waals surface area contributed by atoms with Crippen LogP contribution >= 0.6 is 0 Å². The van der Waals surface area contributed by atoms with Crippen LogP contribution in [0.25, 0.3) is 0 Å². The van der Waals surface area contributed by atoms with Gasteiger partial charge >= 0.3 is 12.1 Å². The summed E-state index contributed by atoms with van der Waals surface area (Å²) in [6.07, 6.45) is -1.33. The summed E-state index contributed by atoms with van der Waals surface area (Å²) < 4.78 is 42.3. The number of ether oxygens (including phenoxy) is 2. The summed E-state index contributed by atoms with van der Waals surface area (Å²) in [5.41, 5.74) is 5.57. The Bertz CT molecular complexity index is 437. The standard InChI is InChI=1S/C12H22N2O3.C2HF3O2/c1-16-9-10-8-14(6-7-17-10)11(15)12(13)4-2-3-5-12;3-2(4,5)1(6)7/h10H,2-9,13H2,1H3;(H,6,7). The van der Waals surface area contributed by atoms with Gasteiger partial charge in [-0.15, -0.1) is 0 Å². The van der Waals surface area contributed by atoms with Crippen molar-refractivity contribution in [2.75, 3.05) is 33.4 Å². The topological polar surface area (TPSA) is 102 Å². The zero-order chi connectivity index (χ0) is 18.4. The molecule has 2 fully saturated rings. The summed E-state index contributed by atoms with van der Waals surface area (Å²) in [7, 11) is 1.64. The zero-order valence-electron chi connectivity index (χ0n) is 13.5. The Balaban J connectivity index is 0.000000351. The maximum atomic E-state index is 12.4. The number of alkyl halides is 3. The van der Waals surface area contributed by atoms with Gasteiger partial charge in [0.25, 0.3) is 0 Å². The van der Waals surface area contributed by atoms with Crippen molar-refractivity contribution in [3.63, 3.8) is 0 Å². The predicted octanol–water partition coefficient (Wildman–Crippen LogP) is 0.765. The number of carbonyl (C=O) groups is 2. The van der Waals surface area contributed by atoms with Crippen molar-refractivity contribution < 1.29 is 37.3 Å². The molecule has 7 nitrogen and oxygen atoms in total. The molecule has 1 aliphatic carbocycles. The van der Waals surface area contributed by atoms with E-state index in [-0.39, 0.29) is 12.0 Å². The smallest absolute Gasteiger partial charge is 0.475 e. The Morgan fingerprint density at radius 3 is 2.38 bits per heavy atom. The third kappa shape index (κ3) is 5.91. The summed E-state index contributed by atoms with van der Waals surface area (Å²) in [5.74, 6) is -2.66. The minimum absolute atomic E-state index is 0.0114. The lowest BCUT2D eigenvalue weighted by atomic mass is 9.96. The molecule has 1 saturated carbocycles. The first-order chi connectivity index (χ1) is 11.1. The number of rotatable bonds is 3. The number of amides is 1. The molecular formula is C14H23F3N2O5. The highest BCUT2D eigenvalue weighted by Gasteiger charge is 2.41. The third-order valence-corrected chi connectivity index (χ3v) is 3.94. The molecule has 1 saturated heterocycles. The Kier molecular flexibility index (Phi) is 7.43. The number of hydrogen-bond donors (Lipinski definition) is 2. The summed E-state index contributed by atoms with van der Waals surface area (Å²) in [4.78, 5) is 23.1. The van der Waals surface area contributed by atoms with Crippen LogP contribution in [0.2, 0.25) is 0 Å². The molecule has 140 valence electrons. The molecule has 1 aliphatic heterocycles. The molecule has 0 aromatic heterocycles. The lowest BCUT2D eigenvalue weighted by Gasteiger charge is -2.37. The first-order valence-corrected chi connectivity index (χ1v) is 7.59. The second kappa shape index (κ2) is 8.63. The Hall–Kier alpha value is -1.39. The molecule has 2 rings (SSSR count). The van der Waals surface area contributed by atoms with E-state index in [2.05, 4.69) is 0 Å². The van der Waals surface area contributed by atoms with Gasteiger partial charge in [-0.3, -0.25) is 4.79 Å². The van der Waals surface area contributed by atoms with E-state index in [1.54, 1.807) is 7.11 Å². The highest BCUT2D eigenvalue weighted by Crippen LogP contribution is 2.29. The van der Waals surface area contributed by atoms with Crippen molar-refractivity contribution in [1.29, 1.82) is 0 Å². The lowest BCUT2D eigenvalue weighted by Crippen LogP contribution is -2.58. The van der Waals surface area contributed by atoms with Crippen molar-refractivity contribution in [2.24, 2.45) is 5.73 Å². The molecule has 0 bridgehead atoms. The number of carbonyl (C=O) groups excluding carboxylic acids is 1. The molecule has 0 spiro atoms. The second-order valence-electron chi connectivity index (χ2n) is 5.87. The molecule has 10 heteroatoms. The number of hydrogen-bond acceptors (Lipinski definition) is 5. The fraction of sp³-hybridized carbons (Fsp3) is 0.857. The highest BCUT2D eigenvalue weighted by molar-refractivity contribution is 5.86. The van der Waals surface area contributed by atoms with Gasteiger partial charge in [0.15, 0.2) is 0 Å². The van der Waals surface area contributed by atoms with E-state index in [0.29, 0.717) is 26.3 Å². The van der Waals surface area contributed by atoms with Crippen LogP contribution in [-0.2, 0) is 19.1 Å². The molecule has 1 amide bonds. The van der Waals surface area contributed by atoms with Crippen LogP contribution in [0, 0.1) is 0 Å². The molecular weight excluding hydrogens is 333 g/mol. The van der Waals surface area contributed by atoms with Crippen molar-refractivity contribution >= 4 is 11.9 Å². The molecule has 3 N–H and O–H groups in total. The summed E-state index contributed by atoms with van der Waals surface area (Å²) >= 11 is 0. The van der Waals surface area contributed by atoms with Crippen LogP contribution in [0.15, 0.2) is 0 Å². The van der Waals surface area contributed by atoms with E-state index in [4.69, 9.17) is 25.1 Å². The highest BCUT2D eigenvalue weighted by atomic mass is 19.4. The van der Waals surface area contributed by atoms with Gasteiger partial charge in [-0.05, 0) is 12.8 Å². The van der Waals surface area contributed by atoms with Gasteiger partial charge in [-0.2, -0.15) is 13.2 Å². The van der Waals surface area contributed by atoms with Crippen molar-refractivity contribution in [3.8, 4) is 0 Å². The van der Waals surface area contributed by atoms with E-state index in [1.165, 1.54) is 0 Å². The van der Waals surface area contributed by atoms with Crippen molar-refractivity contribution in [1.82, 2.24) is 4.90 Å². The maximum absolute atomic E-state index is 12.4. The largest absolute Gasteiger partial charge is 0.490 e. The number of morpholine rings is 1. The minimum atomic E-state index is -5.08. The SMILES string of the molecule is COCC1CN(C(=O)C2(N)CCCC2)CCO1.O=C(O)C(F)(F)F. The van der Waals surface area contributed by atoms with Crippen LogP contribution in [-0.4, -0.2) is 73.1 Å². The zero-order valence-corrected chi connectivity index (χ0v) is 13.5. The molecule has 1 atom stereocenters. The van der Waals surface area contributed by atoms with E-state index >= 15 is 0 Å². The molecule has 1 unspecified atom stereocenters. The molecule has 0 radical (unpaired) electrons. The monoisotopic (exact) mass is 356 g/mol. The number of methoxy groups -OCH3 is 1. The van der Waals surface area contributed by atoms with Crippen LogP contribution < -0.4 is 5.73 Å². The van der Waals surface area contributed by atoms with Crippen LogP contribution in [0.4, 0.5) is 13.2 Å². The van der Waals surface area contributed by atoms with Crippen LogP contribution in [0.1, 0.15) is 25.7 Å². The first kappa shape index (κ1) is 20.7. The summed E-state index contributed by atoms with van der Waals surface area (Å²) in [6, 6.07) is 0. The van der Waals surface area contributed by atoms with Gasteiger partial charge in [-0.1, -0.05) is 12.8 Å². The van der Waals surface area contributed by atoms with Gasteiger partial charge in [-0.25, -0.2) is 4.79 Å². The van der Waals surface area contributed by atoms with Crippen LogP contribution in [0.3, 0.4) is 0 Å². The minimum Gasteiger partial charge on any atom is -0.475 e. The normalized spacial score (nSPS) is 23.4. The first-order valence-electron chi connectivity index (χ1n) is 7.59. The van der Waals surface area contributed by atoms with E-state index in [1.807, 2.05) is 4.90 Å². The summed E-state index contributed by atoms with van der Waals surface area (Å²) in [6.45, 7) is 2.36. The number of halogens is 3. The fourth-order valence-electron chi connectivity index (χ4n) is 2.73. The number of nitrogens with zero attached hydrogens (tertiary/aromatic N) is 1. The number of aliphatic carboxylic acids is 1. The van der Waals surface area contributed by atoms with Gasteiger partial charge in [0.05, 0.1) is 24.9 Å². The Morgan fingerprint density at radius 1 is 1.38 bits per heavy atom. The molecule has 1 heterocycles. The van der Waals surface area contributed by atoms with Crippen molar-refractivity contribution in [2.45, 2.75) is 43.5 Å². The number of carboxylic acid groups (broad SMARTS) is 1. The predicted molar refractivity (Wildman–Crippen MR) is 77.3 cm³/mol. The van der Waals surface area contributed by atoms with Crippen LogP contribution in [0.5, 0.6) is 0 Å². The van der Waals surface area contributed by atoms with Gasteiger partial charge in [0.2, 0.25) is 5.91 Å². The van der Waals surface area contributed by atoms with E-state index in [0.717, 1.165) is 25.7 Å². The molecule has 24 heavy (non-hydrogen) atoms. The maximum Gasteiger partial charge on any atom is 0.490 e. The number of carboxylic acids is 1. The Labute approximate surface area is 137 Å². The Morgan fingerprint density at radius 2 is 1.92 bits per heavy atom. The fourth-order valence-corrected chi connectivity index (χ4v) is 2.73. The molecule has 2 aliphatic rings. The average molecular weight is 356 g/mol. The van der Waals surface area contributed by atoms with E-state index < -0.39 is 17.7 Å². The van der Waals surface area contributed by atoms with E-state index in [9.17, 15) is 18.0 Å². The van der Waals surface area contributed by atoms with Gasteiger partial charge < -0.3 is 25.2 Å². The third-order valence-electron chi connectivity index (χ3n) is 3.94. The lowest BCUT2D eigenvalue weighted by molar-refractivity contribution is -0.192. The quantitative estimate of drug-likeness (QED) is 0.774. The molecule has 0 aromatic rings. The van der Waals surface area contributed by atoms with Gasteiger partial charge in [0.1, 0.15) is 0 Å².